The number of benzene rings is 1. The number of carbonyl (C=O) groups is 1. The zero-order valence-electron chi connectivity index (χ0n) is 17.2. The van der Waals surface area contributed by atoms with Gasteiger partial charge < -0.3 is 9.80 Å². The second-order valence-electron chi connectivity index (χ2n) is 8.23. The molecule has 2 aliphatic heterocycles. The van der Waals surface area contributed by atoms with Crippen LogP contribution in [-0.2, 0) is 11.2 Å². The maximum Gasteiger partial charge on any atom is 0.231 e. The molecule has 0 N–H and O–H groups in total. The van der Waals surface area contributed by atoms with E-state index in [1.54, 1.807) is 12.5 Å². The highest BCUT2D eigenvalue weighted by Gasteiger charge is 2.32. The van der Waals surface area contributed by atoms with E-state index in [0.29, 0.717) is 6.54 Å². The fourth-order valence-electron chi connectivity index (χ4n) is 4.58. The van der Waals surface area contributed by atoms with Gasteiger partial charge in [-0.3, -0.25) is 9.36 Å². The number of nitrogens with zero attached hydrogens (tertiary/aromatic N) is 6. The Morgan fingerprint density at radius 1 is 1.07 bits per heavy atom. The summed E-state index contributed by atoms with van der Waals surface area (Å²) in [6.45, 7) is 4.51. The number of carbonyl (C=O) groups excluding carboxylic acids is 1. The number of fused-ring (bicyclic) bond motifs is 1. The summed E-state index contributed by atoms with van der Waals surface area (Å²) in [5, 5.41) is 8.74. The minimum atomic E-state index is -0.0128. The molecule has 7 heteroatoms. The summed E-state index contributed by atoms with van der Waals surface area (Å²) >= 11 is 0. The first-order valence-electron chi connectivity index (χ1n) is 10.7. The SMILES string of the molecule is Cc1ccc2c(c1)CCCN2C(=O)C1CCCN(c2ccc(-n3ccnc3)nn2)C1. The van der Waals surface area contributed by atoms with Gasteiger partial charge in [-0.2, -0.15) is 0 Å². The number of anilines is 2. The van der Waals surface area contributed by atoms with Crippen LogP contribution in [0, 0.1) is 12.8 Å². The van der Waals surface area contributed by atoms with E-state index >= 15 is 0 Å². The van der Waals surface area contributed by atoms with Crippen molar-refractivity contribution in [2.24, 2.45) is 5.92 Å². The zero-order valence-corrected chi connectivity index (χ0v) is 17.2. The number of piperidine rings is 1. The second-order valence-corrected chi connectivity index (χ2v) is 8.23. The van der Waals surface area contributed by atoms with Crippen molar-refractivity contribution in [1.29, 1.82) is 0 Å². The average molecular weight is 403 g/mol. The van der Waals surface area contributed by atoms with Crippen molar-refractivity contribution in [3.8, 4) is 5.82 Å². The summed E-state index contributed by atoms with van der Waals surface area (Å²) in [7, 11) is 0. The Labute approximate surface area is 176 Å². The number of aromatic nitrogens is 4. The standard InChI is InChI=1S/C23H26N6O/c1-17-6-7-20-18(14-17)4-3-12-29(20)23(30)19-5-2-11-27(15-19)21-8-9-22(26-25-21)28-13-10-24-16-28/h6-10,13-14,16,19H,2-5,11-12,15H2,1H3. The Balaban J connectivity index is 1.32. The van der Waals surface area contributed by atoms with E-state index in [1.165, 1.54) is 11.1 Å². The average Bonchev–Trinajstić information content (AvgIpc) is 3.33. The molecule has 4 heterocycles. The molecule has 154 valence electrons. The maximum absolute atomic E-state index is 13.4. The first-order valence-corrected chi connectivity index (χ1v) is 10.7. The van der Waals surface area contributed by atoms with Crippen LogP contribution in [0.15, 0.2) is 49.1 Å². The van der Waals surface area contributed by atoms with E-state index in [1.807, 2.05) is 27.8 Å². The molecule has 7 nitrogen and oxygen atoms in total. The van der Waals surface area contributed by atoms with Gasteiger partial charge in [0.2, 0.25) is 5.91 Å². The molecule has 1 saturated heterocycles. The number of imidazole rings is 1. The van der Waals surface area contributed by atoms with Crippen LogP contribution in [0.4, 0.5) is 11.5 Å². The molecule has 1 atom stereocenters. The normalized spacial score (nSPS) is 18.9. The predicted octanol–water partition coefficient (Wildman–Crippen LogP) is 3.17. The quantitative estimate of drug-likeness (QED) is 0.673. The van der Waals surface area contributed by atoms with E-state index in [2.05, 4.69) is 45.2 Å². The number of aryl methyl sites for hydroxylation is 2. The van der Waals surface area contributed by atoms with Gasteiger partial charge in [0.05, 0.1) is 5.92 Å². The third-order valence-corrected chi connectivity index (χ3v) is 6.12. The highest BCUT2D eigenvalue weighted by Crippen LogP contribution is 2.31. The van der Waals surface area contributed by atoms with Crippen molar-refractivity contribution in [3.63, 3.8) is 0 Å². The first kappa shape index (κ1) is 18.8. The fourth-order valence-corrected chi connectivity index (χ4v) is 4.58. The van der Waals surface area contributed by atoms with E-state index < -0.39 is 0 Å². The van der Waals surface area contributed by atoms with Crippen molar-refractivity contribution in [1.82, 2.24) is 19.7 Å². The Morgan fingerprint density at radius 3 is 2.73 bits per heavy atom. The van der Waals surface area contributed by atoms with Crippen LogP contribution >= 0.6 is 0 Å². The Morgan fingerprint density at radius 2 is 1.93 bits per heavy atom. The molecule has 1 unspecified atom stereocenters. The van der Waals surface area contributed by atoms with E-state index in [9.17, 15) is 4.79 Å². The van der Waals surface area contributed by atoms with Crippen LogP contribution in [0.3, 0.4) is 0 Å². The van der Waals surface area contributed by atoms with Gasteiger partial charge in [0.1, 0.15) is 6.33 Å². The fraction of sp³-hybridized carbons (Fsp3) is 0.391. The molecule has 0 spiro atoms. The van der Waals surface area contributed by atoms with Gasteiger partial charge in [0.15, 0.2) is 11.6 Å². The summed E-state index contributed by atoms with van der Waals surface area (Å²) in [5.41, 5.74) is 3.64. The molecule has 2 aliphatic rings. The monoisotopic (exact) mass is 402 g/mol. The Hall–Kier alpha value is -3.22. The molecule has 2 aromatic heterocycles. The topological polar surface area (TPSA) is 67.2 Å². The number of hydrogen-bond donors (Lipinski definition) is 0. The van der Waals surface area contributed by atoms with E-state index in [4.69, 9.17) is 0 Å². The van der Waals surface area contributed by atoms with Crippen LogP contribution in [0.5, 0.6) is 0 Å². The Bertz CT molecular complexity index is 1030. The van der Waals surface area contributed by atoms with Gasteiger partial charge in [-0.1, -0.05) is 17.7 Å². The number of rotatable bonds is 3. The lowest BCUT2D eigenvalue weighted by atomic mass is 9.93. The summed E-state index contributed by atoms with van der Waals surface area (Å²) < 4.78 is 1.83. The molecule has 0 bridgehead atoms. The smallest absolute Gasteiger partial charge is 0.231 e. The molecule has 5 rings (SSSR count). The third-order valence-electron chi connectivity index (χ3n) is 6.12. The van der Waals surface area contributed by atoms with Crippen molar-refractivity contribution in [2.75, 3.05) is 29.4 Å². The summed E-state index contributed by atoms with van der Waals surface area (Å²) in [4.78, 5) is 21.7. The highest BCUT2D eigenvalue weighted by atomic mass is 16.2. The van der Waals surface area contributed by atoms with Crippen LogP contribution in [-0.4, -0.2) is 45.3 Å². The van der Waals surface area contributed by atoms with Crippen LogP contribution in [0.1, 0.15) is 30.4 Å². The van der Waals surface area contributed by atoms with Gasteiger partial charge in [-0.05, 0) is 56.4 Å². The molecule has 0 saturated carbocycles. The first-order chi connectivity index (χ1) is 14.7. The van der Waals surface area contributed by atoms with Crippen molar-refractivity contribution in [2.45, 2.75) is 32.6 Å². The van der Waals surface area contributed by atoms with Gasteiger partial charge in [-0.25, -0.2) is 4.98 Å². The second kappa shape index (κ2) is 7.89. The van der Waals surface area contributed by atoms with Crippen LogP contribution in [0.25, 0.3) is 5.82 Å². The summed E-state index contributed by atoms with van der Waals surface area (Å²) in [6, 6.07) is 10.4. The van der Waals surface area contributed by atoms with E-state index in [-0.39, 0.29) is 11.8 Å². The zero-order chi connectivity index (χ0) is 20.5. The summed E-state index contributed by atoms with van der Waals surface area (Å²) in [5.74, 6) is 1.79. The van der Waals surface area contributed by atoms with E-state index in [0.717, 1.165) is 56.1 Å². The number of amides is 1. The van der Waals surface area contributed by atoms with Crippen LogP contribution < -0.4 is 9.80 Å². The van der Waals surface area contributed by atoms with Crippen molar-refractivity contribution in [3.05, 3.63) is 60.2 Å². The lowest BCUT2D eigenvalue weighted by Gasteiger charge is -2.37. The molecule has 1 fully saturated rings. The molecule has 0 radical (unpaired) electrons. The molecule has 30 heavy (non-hydrogen) atoms. The number of hydrogen-bond acceptors (Lipinski definition) is 5. The largest absolute Gasteiger partial charge is 0.354 e. The minimum Gasteiger partial charge on any atom is -0.354 e. The summed E-state index contributed by atoms with van der Waals surface area (Å²) in [6.07, 6.45) is 9.25. The Kier molecular flexibility index (Phi) is 4.94. The minimum absolute atomic E-state index is 0.0128. The maximum atomic E-state index is 13.4. The lowest BCUT2D eigenvalue weighted by molar-refractivity contribution is -0.122. The van der Waals surface area contributed by atoms with Gasteiger partial charge >= 0.3 is 0 Å². The highest BCUT2D eigenvalue weighted by molar-refractivity contribution is 5.96. The molecular weight excluding hydrogens is 376 g/mol. The molecule has 1 amide bonds. The molecular formula is C23H26N6O. The molecule has 1 aromatic carbocycles. The lowest BCUT2D eigenvalue weighted by Crippen LogP contribution is -2.46. The molecule has 3 aromatic rings. The van der Waals surface area contributed by atoms with Crippen LogP contribution in [0.2, 0.25) is 0 Å². The van der Waals surface area contributed by atoms with Crippen molar-refractivity contribution < 1.29 is 4.79 Å². The third kappa shape index (κ3) is 3.56. The van der Waals surface area contributed by atoms with Gasteiger partial charge in [0, 0.05) is 37.7 Å². The van der Waals surface area contributed by atoms with Gasteiger partial charge in [0.25, 0.3) is 0 Å². The van der Waals surface area contributed by atoms with Crippen molar-refractivity contribution >= 4 is 17.4 Å². The molecule has 0 aliphatic carbocycles. The van der Waals surface area contributed by atoms with Gasteiger partial charge in [-0.15, -0.1) is 10.2 Å². The predicted molar refractivity (Wildman–Crippen MR) is 116 cm³/mol.